The van der Waals surface area contributed by atoms with Gasteiger partial charge in [0.25, 0.3) is 10.1 Å². The lowest BCUT2D eigenvalue weighted by Gasteiger charge is -2.46. The van der Waals surface area contributed by atoms with E-state index in [-0.39, 0.29) is 37.8 Å². The zero-order valence-corrected chi connectivity index (χ0v) is 23.5. The molecule has 2 rings (SSSR count). The number of aliphatic hydroxyl groups is 1. The molecule has 5 N–H and O–H groups in total. The molecule has 2 aliphatic heterocycles. The molecule has 15 heteroatoms. The third-order valence-electron chi connectivity index (χ3n) is 6.04. The van der Waals surface area contributed by atoms with E-state index in [1.165, 1.54) is 4.90 Å². The number of rotatable bonds is 10. The van der Waals surface area contributed by atoms with E-state index in [9.17, 15) is 37.3 Å². The van der Waals surface area contributed by atoms with Gasteiger partial charge in [-0.1, -0.05) is 13.8 Å². The van der Waals surface area contributed by atoms with Gasteiger partial charge in [-0.15, -0.1) is 0 Å². The molecular weight excluding hydrogens is 524 g/mol. The molecule has 2 heterocycles. The van der Waals surface area contributed by atoms with E-state index in [0.29, 0.717) is 13.0 Å². The number of likely N-dealkylation sites (tertiary alicyclic amines) is 1. The highest BCUT2D eigenvalue weighted by Gasteiger charge is 2.46. The molecule has 0 saturated carbocycles. The van der Waals surface area contributed by atoms with E-state index >= 15 is 0 Å². The molecule has 0 aliphatic carbocycles. The second kappa shape index (κ2) is 12.0. The van der Waals surface area contributed by atoms with Crippen molar-refractivity contribution in [2.45, 2.75) is 89.5 Å². The first kappa shape index (κ1) is 31.6. The first-order valence-corrected chi connectivity index (χ1v) is 14.0. The van der Waals surface area contributed by atoms with Crippen molar-refractivity contribution in [1.29, 1.82) is 0 Å². The lowest BCUT2D eigenvalue weighted by Crippen LogP contribution is -2.65. The largest absolute Gasteiger partial charge is 0.444 e. The average Bonchev–Trinajstić information content (AvgIpc) is 3.12. The number of nitrogens with one attached hydrogen (secondary N) is 3. The maximum Gasteiger partial charge on any atom is 0.410 e. The summed E-state index contributed by atoms with van der Waals surface area (Å²) >= 11 is 0. The third-order valence-corrected chi connectivity index (χ3v) is 6.97. The summed E-state index contributed by atoms with van der Waals surface area (Å²) in [6.07, 6.45) is -1.21. The molecule has 4 amide bonds. The number of aliphatic hydroxyl groups excluding tert-OH is 1. The number of hydrogen-bond donors (Lipinski definition) is 5. The van der Waals surface area contributed by atoms with Crippen LogP contribution in [0.3, 0.4) is 0 Å². The van der Waals surface area contributed by atoms with Crippen molar-refractivity contribution in [3.05, 3.63) is 0 Å². The van der Waals surface area contributed by atoms with Crippen molar-refractivity contribution in [3.63, 3.8) is 0 Å². The van der Waals surface area contributed by atoms with E-state index < -0.39 is 62.9 Å². The number of carbonyl (C=O) groups is 4. The normalized spacial score (nSPS) is 21.6. The second-order valence-corrected chi connectivity index (χ2v) is 13.0. The second-order valence-electron chi connectivity index (χ2n) is 11.5. The molecule has 14 nitrogen and oxygen atoms in total. The summed E-state index contributed by atoms with van der Waals surface area (Å²) < 4.78 is 43.3. The lowest BCUT2D eigenvalue weighted by atomic mass is 9.97. The predicted octanol–water partition coefficient (Wildman–Crippen LogP) is 0.354. The van der Waals surface area contributed by atoms with Gasteiger partial charge in [0.15, 0.2) is 0 Å². The Balaban J connectivity index is 2.05. The van der Waals surface area contributed by atoms with E-state index in [0.717, 1.165) is 0 Å². The van der Waals surface area contributed by atoms with Crippen molar-refractivity contribution in [2.75, 3.05) is 19.6 Å². The minimum absolute atomic E-state index is 0.0847. The molecule has 0 aromatic rings. The van der Waals surface area contributed by atoms with Crippen LogP contribution in [0.2, 0.25) is 0 Å². The summed E-state index contributed by atoms with van der Waals surface area (Å²) in [5.41, 5.74) is -4.07. The maximum absolute atomic E-state index is 13.1. The number of carbonyl (C=O) groups excluding carboxylic acids is 4. The topological polar surface area (TPSA) is 201 Å². The summed E-state index contributed by atoms with van der Waals surface area (Å²) in [4.78, 5) is 51.3. The molecule has 218 valence electrons. The highest BCUT2D eigenvalue weighted by Crippen LogP contribution is 2.27. The average molecular weight is 565 g/mol. The fraction of sp³-hybridized carbons (Fsp3) is 0.826. The summed E-state index contributed by atoms with van der Waals surface area (Å²) in [7, 11) is -4.97. The molecule has 2 fully saturated rings. The number of ether oxygens (including phenoxy) is 2. The molecule has 38 heavy (non-hydrogen) atoms. The van der Waals surface area contributed by atoms with E-state index in [4.69, 9.17) is 9.47 Å². The van der Waals surface area contributed by atoms with Gasteiger partial charge in [-0.2, -0.15) is 8.42 Å². The highest BCUT2D eigenvalue weighted by molar-refractivity contribution is 7.86. The van der Waals surface area contributed by atoms with Crippen molar-refractivity contribution in [1.82, 2.24) is 20.9 Å². The Morgan fingerprint density at radius 1 is 1.21 bits per heavy atom. The zero-order chi connectivity index (χ0) is 29.1. The Kier molecular flexibility index (Phi) is 9.99. The van der Waals surface area contributed by atoms with Crippen LogP contribution in [0.4, 0.5) is 9.59 Å². The van der Waals surface area contributed by atoms with Gasteiger partial charge >= 0.3 is 12.2 Å². The number of hydrogen-bond acceptors (Lipinski definition) is 9. The monoisotopic (exact) mass is 564 g/mol. The highest BCUT2D eigenvalue weighted by atomic mass is 32.2. The Labute approximate surface area is 222 Å². The first-order valence-electron chi connectivity index (χ1n) is 12.5. The van der Waals surface area contributed by atoms with Crippen molar-refractivity contribution in [2.24, 2.45) is 11.8 Å². The fourth-order valence-corrected chi connectivity index (χ4v) is 4.89. The molecule has 2 aliphatic rings. The molecule has 0 spiro atoms. The van der Waals surface area contributed by atoms with Gasteiger partial charge < -0.3 is 35.4 Å². The van der Waals surface area contributed by atoms with Crippen LogP contribution in [0.1, 0.15) is 60.8 Å². The maximum atomic E-state index is 13.1. The Bertz CT molecular complexity index is 1000. The smallest absolute Gasteiger partial charge is 0.410 e. The Morgan fingerprint density at radius 3 is 2.29 bits per heavy atom. The molecule has 2 saturated heterocycles. The molecule has 0 radical (unpaired) electrons. The van der Waals surface area contributed by atoms with Crippen LogP contribution in [0.5, 0.6) is 0 Å². The number of alkyl carbamates (subject to hydrolysis) is 1. The van der Waals surface area contributed by atoms with Crippen LogP contribution in [-0.2, 0) is 29.2 Å². The molecule has 0 aromatic carbocycles. The molecule has 1 unspecified atom stereocenters. The number of nitrogens with zero attached hydrogens (tertiary/aromatic N) is 1. The van der Waals surface area contributed by atoms with Crippen LogP contribution in [0.25, 0.3) is 0 Å². The van der Waals surface area contributed by atoms with Gasteiger partial charge in [0, 0.05) is 12.5 Å². The lowest BCUT2D eigenvalue weighted by molar-refractivity contribution is -0.127. The summed E-state index contributed by atoms with van der Waals surface area (Å²) in [5.74, 6) is -1.94. The van der Waals surface area contributed by atoms with Gasteiger partial charge in [0.05, 0.1) is 19.1 Å². The van der Waals surface area contributed by atoms with Crippen LogP contribution in [0, 0.1) is 11.8 Å². The summed E-state index contributed by atoms with van der Waals surface area (Å²) in [6, 6.07) is -2.69. The third kappa shape index (κ3) is 9.27. The Hall–Kier alpha value is -2.65. The van der Waals surface area contributed by atoms with Crippen molar-refractivity contribution >= 4 is 34.1 Å². The van der Waals surface area contributed by atoms with Gasteiger partial charge in [-0.05, 0) is 52.9 Å². The molecular formula is C23H40N4O10S. The summed E-state index contributed by atoms with van der Waals surface area (Å²) in [5, 5.41) is 17.6. The van der Waals surface area contributed by atoms with E-state index in [1.807, 2.05) is 0 Å². The van der Waals surface area contributed by atoms with Gasteiger partial charge in [0.1, 0.15) is 17.2 Å². The van der Waals surface area contributed by atoms with Crippen LogP contribution in [-0.4, -0.2) is 95.3 Å². The van der Waals surface area contributed by atoms with E-state index in [2.05, 4.69) is 16.0 Å². The minimum atomic E-state index is -4.97. The van der Waals surface area contributed by atoms with Gasteiger partial charge in [0.2, 0.25) is 17.3 Å². The van der Waals surface area contributed by atoms with Gasteiger partial charge in [-0.25, -0.2) is 9.59 Å². The summed E-state index contributed by atoms with van der Waals surface area (Å²) in [6.45, 7) is 10.9. The Morgan fingerprint density at radius 2 is 1.82 bits per heavy atom. The predicted molar refractivity (Wildman–Crippen MR) is 134 cm³/mol. The SMILES string of the molecule is CC(C)C[C@H](NC(=O)OC1(C)CN(C(=O)OC(C)(C)C)C1)C(=O)N[C@@H](C[C@H]1CCNC1=O)C(O)S(=O)(=O)O. The van der Waals surface area contributed by atoms with Crippen molar-refractivity contribution < 1.29 is 46.7 Å². The van der Waals surface area contributed by atoms with Crippen molar-refractivity contribution in [3.8, 4) is 0 Å². The molecule has 0 bridgehead atoms. The zero-order valence-electron chi connectivity index (χ0n) is 22.6. The van der Waals surface area contributed by atoms with E-state index in [1.54, 1.807) is 41.5 Å². The minimum Gasteiger partial charge on any atom is -0.444 e. The first-order chi connectivity index (χ1) is 17.3. The molecule has 0 aromatic heterocycles. The quantitative estimate of drug-likeness (QED) is 0.231. The molecule has 4 atom stereocenters. The fourth-order valence-electron chi connectivity index (χ4n) is 4.29. The van der Waals surface area contributed by atoms with Crippen LogP contribution in [0.15, 0.2) is 0 Å². The van der Waals surface area contributed by atoms with Gasteiger partial charge in [-0.3, -0.25) is 14.1 Å². The van der Waals surface area contributed by atoms with Crippen LogP contribution >= 0.6 is 0 Å². The number of amides is 4. The van der Waals surface area contributed by atoms with Crippen LogP contribution < -0.4 is 16.0 Å². The standard InChI is InChI=1S/C23H40N4O10S/c1-13(2)9-15(26-20(31)36-23(6)11-27(12-23)21(32)37-22(3,4)5)18(29)25-16(19(30)38(33,34)35)10-14-7-8-24-17(14)28/h13-16,19,30H,7-12H2,1-6H3,(H,24,28)(H,25,29)(H,26,31)(H,33,34,35)/t14-,15+,16+,19?/m1/s1.